The number of anilines is 2. The van der Waals surface area contributed by atoms with E-state index < -0.39 is 4.92 Å². The van der Waals surface area contributed by atoms with Gasteiger partial charge in [-0.25, -0.2) is 4.98 Å². The summed E-state index contributed by atoms with van der Waals surface area (Å²) >= 11 is 0. The molecule has 0 amide bonds. The molecule has 0 saturated carbocycles. The summed E-state index contributed by atoms with van der Waals surface area (Å²) in [6.45, 7) is 10.7. The molecular formula is C13H23N5O2. The Hall–Kier alpha value is -1.92. The molecule has 1 aromatic heterocycles. The Balaban J connectivity index is 3.00. The molecule has 7 nitrogen and oxygen atoms in total. The Kier molecular flexibility index (Phi) is 5.24. The van der Waals surface area contributed by atoms with Gasteiger partial charge in [0.05, 0.1) is 4.92 Å². The zero-order chi connectivity index (χ0) is 15.4. The lowest BCUT2D eigenvalue weighted by atomic mass is 9.85. The van der Waals surface area contributed by atoms with Gasteiger partial charge in [-0.3, -0.25) is 10.1 Å². The molecule has 0 bridgehead atoms. The third kappa shape index (κ3) is 3.79. The number of nitrogens with two attached hydrogens (primary N) is 1. The molecule has 0 unspecified atom stereocenters. The molecule has 1 aromatic rings. The van der Waals surface area contributed by atoms with E-state index in [1.54, 1.807) is 6.92 Å². The second kappa shape index (κ2) is 6.49. The Morgan fingerprint density at radius 1 is 1.25 bits per heavy atom. The summed E-state index contributed by atoms with van der Waals surface area (Å²) in [5.74, 6) is 1.59. The van der Waals surface area contributed by atoms with Crippen LogP contribution < -0.4 is 11.1 Å². The molecule has 1 rings (SSSR count). The van der Waals surface area contributed by atoms with Crippen molar-refractivity contribution >= 4 is 17.5 Å². The molecule has 3 N–H and O–H groups in total. The van der Waals surface area contributed by atoms with Crippen LogP contribution in [0.3, 0.4) is 0 Å². The van der Waals surface area contributed by atoms with Crippen molar-refractivity contribution in [3.8, 4) is 0 Å². The summed E-state index contributed by atoms with van der Waals surface area (Å²) in [7, 11) is 0. The minimum absolute atomic E-state index is 0.0428. The zero-order valence-corrected chi connectivity index (χ0v) is 12.7. The summed E-state index contributed by atoms with van der Waals surface area (Å²) in [6, 6.07) is 0. The molecule has 112 valence electrons. The predicted octanol–water partition coefficient (Wildman–Crippen LogP) is 2.62. The number of aryl methyl sites for hydroxylation is 1. The van der Waals surface area contributed by atoms with Gasteiger partial charge >= 0.3 is 5.69 Å². The molecule has 0 aliphatic heterocycles. The lowest BCUT2D eigenvalue weighted by Crippen LogP contribution is -2.25. The van der Waals surface area contributed by atoms with Crippen LogP contribution in [0.15, 0.2) is 0 Å². The molecular weight excluding hydrogens is 258 g/mol. The monoisotopic (exact) mass is 281 g/mol. The maximum absolute atomic E-state index is 11.1. The minimum atomic E-state index is -0.475. The molecule has 0 radical (unpaired) electrons. The van der Waals surface area contributed by atoms with Gasteiger partial charge in [0, 0.05) is 6.54 Å². The molecule has 0 fully saturated rings. The fourth-order valence-corrected chi connectivity index (χ4v) is 2.39. The first kappa shape index (κ1) is 16.1. The van der Waals surface area contributed by atoms with Gasteiger partial charge in [0.25, 0.3) is 0 Å². The summed E-state index contributed by atoms with van der Waals surface area (Å²) in [4.78, 5) is 18.4. The van der Waals surface area contributed by atoms with Crippen molar-refractivity contribution in [2.75, 3.05) is 17.6 Å². The van der Waals surface area contributed by atoms with Gasteiger partial charge < -0.3 is 11.1 Å². The largest absolute Gasteiger partial charge is 0.368 e. The number of nitrogens with one attached hydrogen (secondary N) is 1. The van der Waals surface area contributed by atoms with E-state index in [0.29, 0.717) is 24.3 Å². The van der Waals surface area contributed by atoms with E-state index in [-0.39, 0.29) is 23.1 Å². The Bertz CT molecular complexity index is 480. The van der Waals surface area contributed by atoms with E-state index in [2.05, 4.69) is 43.0 Å². The van der Waals surface area contributed by atoms with Crippen LogP contribution in [-0.4, -0.2) is 21.4 Å². The third-order valence-electron chi connectivity index (χ3n) is 3.48. The Morgan fingerprint density at radius 2 is 1.80 bits per heavy atom. The summed E-state index contributed by atoms with van der Waals surface area (Å²) < 4.78 is 0. The topological polar surface area (TPSA) is 107 Å². The van der Waals surface area contributed by atoms with E-state index in [1.807, 2.05) is 0 Å². The van der Waals surface area contributed by atoms with Crippen molar-refractivity contribution < 1.29 is 4.92 Å². The van der Waals surface area contributed by atoms with Crippen LogP contribution in [0.2, 0.25) is 0 Å². The highest BCUT2D eigenvalue weighted by Crippen LogP contribution is 2.27. The highest BCUT2D eigenvalue weighted by atomic mass is 16.6. The molecule has 7 heteroatoms. The maximum atomic E-state index is 11.1. The number of hydrogen-bond donors (Lipinski definition) is 2. The van der Waals surface area contributed by atoms with Crippen molar-refractivity contribution in [1.82, 2.24) is 9.97 Å². The van der Waals surface area contributed by atoms with Gasteiger partial charge in [-0.1, -0.05) is 27.7 Å². The number of nitrogens with zero attached hydrogens (tertiary/aromatic N) is 3. The van der Waals surface area contributed by atoms with Gasteiger partial charge in [-0.2, -0.15) is 4.98 Å². The molecule has 0 atom stereocenters. The van der Waals surface area contributed by atoms with E-state index >= 15 is 0 Å². The summed E-state index contributed by atoms with van der Waals surface area (Å²) in [5.41, 5.74) is 5.74. The van der Waals surface area contributed by atoms with Gasteiger partial charge in [-0.15, -0.1) is 0 Å². The smallest absolute Gasteiger partial charge is 0.332 e. The van der Waals surface area contributed by atoms with Crippen molar-refractivity contribution in [3.05, 3.63) is 15.8 Å². The number of nitro groups is 1. The van der Waals surface area contributed by atoms with Gasteiger partial charge in [0.15, 0.2) is 0 Å². The number of nitrogen functional groups attached to an aromatic ring is 1. The van der Waals surface area contributed by atoms with E-state index in [0.717, 1.165) is 0 Å². The summed E-state index contributed by atoms with van der Waals surface area (Å²) in [5, 5.41) is 14.2. The van der Waals surface area contributed by atoms with Crippen LogP contribution in [0.1, 0.15) is 33.4 Å². The fourth-order valence-electron chi connectivity index (χ4n) is 2.39. The quantitative estimate of drug-likeness (QED) is 0.613. The lowest BCUT2D eigenvalue weighted by molar-refractivity contribution is -0.385. The van der Waals surface area contributed by atoms with E-state index in [4.69, 9.17) is 5.73 Å². The zero-order valence-electron chi connectivity index (χ0n) is 12.7. The van der Waals surface area contributed by atoms with Crippen molar-refractivity contribution in [2.45, 2.75) is 34.6 Å². The molecule has 0 aliphatic carbocycles. The minimum Gasteiger partial charge on any atom is -0.368 e. The van der Waals surface area contributed by atoms with Crippen LogP contribution in [0.5, 0.6) is 0 Å². The molecule has 0 aliphatic rings. The average Bonchev–Trinajstić information content (AvgIpc) is 2.26. The normalized spacial score (nSPS) is 11.4. The van der Waals surface area contributed by atoms with Crippen molar-refractivity contribution in [2.24, 2.45) is 17.8 Å². The maximum Gasteiger partial charge on any atom is 0.332 e. The SMILES string of the molecule is Cc1nc(N)nc(NCC(C(C)C)C(C)C)c1[N+](=O)[O-]. The average molecular weight is 281 g/mol. The van der Waals surface area contributed by atoms with E-state index in [1.165, 1.54) is 0 Å². The Labute approximate surface area is 119 Å². The lowest BCUT2D eigenvalue weighted by Gasteiger charge is -2.25. The molecule has 0 aromatic carbocycles. The second-order valence-electron chi connectivity index (χ2n) is 5.65. The van der Waals surface area contributed by atoms with Crippen LogP contribution in [0.25, 0.3) is 0 Å². The van der Waals surface area contributed by atoms with Crippen LogP contribution in [0.4, 0.5) is 17.5 Å². The Morgan fingerprint density at radius 3 is 2.25 bits per heavy atom. The third-order valence-corrected chi connectivity index (χ3v) is 3.48. The summed E-state index contributed by atoms with van der Waals surface area (Å²) in [6.07, 6.45) is 0. The van der Waals surface area contributed by atoms with Crippen LogP contribution in [-0.2, 0) is 0 Å². The highest BCUT2D eigenvalue weighted by molar-refractivity contribution is 5.60. The van der Waals surface area contributed by atoms with Gasteiger partial charge in [0.2, 0.25) is 11.8 Å². The number of rotatable bonds is 6. The number of aromatic nitrogens is 2. The van der Waals surface area contributed by atoms with Crippen molar-refractivity contribution in [3.63, 3.8) is 0 Å². The predicted molar refractivity (Wildman–Crippen MR) is 79.5 cm³/mol. The molecule has 0 saturated heterocycles. The fraction of sp³-hybridized carbons (Fsp3) is 0.692. The first-order valence-corrected chi connectivity index (χ1v) is 6.76. The van der Waals surface area contributed by atoms with Crippen LogP contribution in [0, 0.1) is 34.8 Å². The van der Waals surface area contributed by atoms with Gasteiger partial charge in [-0.05, 0) is 24.7 Å². The van der Waals surface area contributed by atoms with Crippen LogP contribution >= 0.6 is 0 Å². The van der Waals surface area contributed by atoms with Crippen molar-refractivity contribution in [1.29, 1.82) is 0 Å². The second-order valence-corrected chi connectivity index (χ2v) is 5.65. The molecule has 1 heterocycles. The standard InChI is InChI=1S/C13H23N5O2/c1-7(2)10(8(3)4)6-15-12-11(18(19)20)9(5)16-13(14)17-12/h7-8,10H,6H2,1-5H3,(H3,14,15,16,17). The molecule has 0 spiro atoms. The number of hydrogen-bond acceptors (Lipinski definition) is 6. The highest BCUT2D eigenvalue weighted by Gasteiger charge is 2.23. The van der Waals surface area contributed by atoms with E-state index in [9.17, 15) is 10.1 Å². The first-order chi connectivity index (χ1) is 9.23. The molecule has 20 heavy (non-hydrogen) atoms. The van der Waals surface area contributed by atoms with Gasteiger partial charge in [0.1, 0.15) is 5.69 Å². The first-order valence-electron chi connectivity index (χ1n) is 6.76.